The minimum Gasteiger partial charge on any atom is -0.319 e. The number of nitrogens with zero attached hydrogens (tertiary/aromatic N) is 5. The van der Waals surface area contributed by atoms with Gasteiger partial charge in [-0.25, -0.2) is 22.6 Å². The molecule has 2 N–H and O–H groups in total. The molecule has 3 aromatic rings. The molecule has 0 saturated heterocycles. The number of carbonyl (C=O) groups is 1. The molecule has 25 heavy (non-hydrogen) atoms. The molecule has 13 heteroatoms. The number of nitrogens with one attached hydrogen (secondary N) is 2. The van der Waals surface area contributed by atoms with E-state index in [1.54, 1.807) is 0 Å². The Labute approximate surface area is 146 Å². The minimum atomic E-state index is -2.91. The van der Waals surface area contributed by atoms with Gasteiger partial charge in [0.05, 0.1) is 16.4 Å². The number of thiol groups is 1. The number of aromatic nitrogens is 5. The van der Waals surface area contributed by atoms with Gasteiger partial charge in [0.2, 0.25) is 10.9 Å². The molecule has 0 aliphatic rings. The highest BCUT2D eigenvalue weighted by Gasteiger charge is 2.19. The van der Waals surface area contributed by atoms with Gasteiger partial charge in [0.1, 0.15) is 6.33 Å². The molecule has 130 valence electrons. The quantitative estimate of drug-likeness (QED) is 0.524. The standard InChI is InChI=1S/C12H10ClN7O4S/c1-19-12(22)20-5-14-9(10(20)16-18-19)11(21)15-6-3-2-4-7(8(6)13)17-25(23)24/h2-5,25H,1H3,(H,15,21)(H,17,23,24). The van der Waals surface area contributed by atoms with E-state index in [0.717, 1.165) is 15.4 Å². The molecule has 0 radical (unpaired) electrons. The van der Waals surface area contributed by atoms with Gasteiger partial charge in [-0.1, -0.05) is 22.9 Å². The van der Waals surface area contributed by atoms with Crippen molar-refractivity contribution >= 4 is 45.4 Å². The first kappa shape index (κ1) is 16.9. The summed E-state index contributed by atoms with van der Waals surface area (Å²) in [7, 11) is -1.50. The molecule has 0 atom stereocenters. The Balaban J connectivity index is 1.96. The number of hydrogen-bond acceptors (Lipinski definition) is 7. The SMILES string of the molecule is Cn1nnc2c(C(=O)Nc3cccc(N[SH](=O)=O)c3Cl)ncn2c1=O. The van der Waals surface area contributed by atoms with Crippen LogP contribution in [-0.4, -0.2) is 38.7 Å². The minimum absolute atomic E-state index is 0.000521. The van der Waals surface area contributed by atoms with E-state index in [1.807, 2.05) is 0 Å². The van der Waals surface area contributed by atoms with E-state index in [1.165, 1.54) is 25.2 Å². The van der Waals surface area contributed by atoms with E-state index in [4.69, 9.17) is 11.6 Å². The summed E-state index contributed by atoms with van der Waals surface area (Å²) < 4.78 is 25.7. The molecular weight excluding hydrogens is 374 g/mol. The Hall–Kier alpha value is -2.99. The second kappa shape index (κ2) is 6.49. The van der Waals surface area contributed by atoms with Crippen molar-refractivity contribution in [1.82, 2.24) is 24.4 Å². The molecule has 11 nitrogen and oxygen atoms in total. The molecule has 0 bridgehead atoms. The summed E-state index contributed by atoms with van der Waals surface area (Å²) in [6, 6.07) is 4.42. The maximum absolute atomic E-state index is 12.4. The highest BCUT2D eigenvalue weighted by atomic mass is 35.5. The lowest BCUT2D eigenvalue weighted by Gasteiger charge is -2.09. The zero-order valence-corrected chi connectivity index (χ0v) is 14.2. The fourth-order valence-corrected chi connectivity index (χ4v) is 2.71. The van der Waals surface area contributed by atoms with Crippen LogP contribution in [0.4, 0.5) is 11.4 Å². The third-order valence-corrected chi connectivity index (χ3v) is 4.00. The van der Waals surface area contributed by atoms with Crippen LogP contribution in [0.15, 0.2) is 29.3 Å². The predicted molar refractivity (Wildman–Crippen MR) is 89.4 cm³/mol. The summed E-state index contributed by atoms with van der Waals surface area (Å²) in [5.74, 6) is -0.685. The van der Waals surface area contributed by atoms with E-state index in [2.05, 4.69) is 25.3 Å². The summed E-state index contributed by atoms with van der Waals surface area (Å²) >= 11 is 6.07. The number of imidazole rings is 1. The van der Waals surface area contributed by atoms with Gasteiger partial charge in [-0.3, -0.25) is 9.52 Å². The molecule has 0 spiro atoms. The Bertz CT molecular complexity index is 1110. The molecule has 1 aromatic carbocycles. The maximum atomic E-state index is 12.4. The van der Waals surface area contributed by atoms with Crippen LogP contribution in [0, 0.1) is 0 Å². The summed E-state index contributed by atoms with van der Waals surface area (Å²) in [5.41, 5.74) is -0.395. The first-order chi connectivity index (χ1) is 11.9. The third-order valence-electron chi connectivity index (χ3n) is 3.17. The summed E-state index contributed by atoms with van der Waals surface area (Å²) in [5, 5.41) is 9.87. The molecule has 3 rings (SSSR count). The topological polar surface area (TPSA) is 140 Å². The van der Waals surface area contributed by atoms with E-state index in [0.29, 0.717) is 0 Å². The van der Waals surface area contributed by atoms with Crippen LogP contribution < -0.4 is 15.7 Å². The zero-order chi connectivity index (χ0) is 18.1. The Kier molecular flexibility index (Phi) is 4.37. The van der Waals surface area contributed by atoms with Crippen molar-refractivity contribution in [3.63, 3.8) is 0 Å². The fourth-order valence-electron chi connectivity index (χ4n) is 2.04. The van der Waals surface area contributed by atoms with Crippen molar-refractivity contribution < 1.29 is 13.2 Å². The number of rotatable bonds is 4. The normalized spacial score (nSPS) is 11.0. The van der Waals surface area contributed by atoms with Crippen LogP contribution in [0.2, 0.25) is 5.02 Å². The lowest BCUT2D eigenvalue weighted by Crippen LogP contribution is -2.27. The van der Waals surface area contributed by atoms with E-state index < -0.39 is 22.5 Å². The van der Waals surface area contributed by atoms with Crippen LogP contribution in [0.1, 0.15) is 10.5 Å². The molecule has 0 unspecified atom stereocenters. The average molecular weight is 384 g/mol. The Morgan fingerprint density at radius 3 is 2.72 bits per heavy atom. The number of aryl methyl sites for hydroxylation is 1. The predicted octanol–water partition coefficient (Wildman–Crippen LogP) is -0.333. The highest BCUT2D eigenvalue weighted by Crippen LogP contribution is 2.30. The Morgan fingerprint density at radius 1 is 1.28 bits per heavy atom. The number of anilines is 2. The summed E-state index contributed by atoms with van der Waals surface area (Å²) in [4.78, 5) is 28.2. The molecule has 2 heterocycles. The molecular formula is C12H10ClN7O4S. The van der Waals surface area contributed by atoms with Crippen molar-refractivity contribution in [2.24, 2.45) is 7.05 Å². The Morgan fingerprint density at radius 2 is 2.00 bits per heavy atom. The van der Waals surface area contributed by atoms with Gasteiger partial charge in [-0.05, 0) is 12.1 Å². The van der Waals surface area contributed by atoms with Gasteiger partial charge in [-0.15, -0.1) is 5.10 Å². The average Bonchev–Trinajstić information content (AvgIpc) is 2.99. The highest BCUT2D eigenvalue weighted by molar-refractivity contribution is 7.73. The van der Waals surface area contributed by atoms with Crippen molar-refractivity contribution in [2.75, 3.05) is 10.0 Å². The van der Waals surface area contributed by atoms with E-state index in [-0.39, 0.29) is 27.7 Å². The van der Waals surface area contributed by atoms with Gasteiger partial charge in [0.15, 0.2) is 11.3 Å². The van der Waals surface area contributed by atoms with Crippen LogP contribution in [0.5, 0.6) is 0 Å². The first-order valence-corrected chi connectivity index (χ1v) is 8.22. The van der Waals surface area contributed by atoms with Gasteiger partial charge in [-0.2, -0.15) is 4.68 Å². The fraction of sp³-hybridized carbons (Fsp3) is 0.0833. The smallest absolute Gasteiger partial charge is 0.319 e. The third kappa shape index (κ3) is 3.16. The van der Waals surface area contributed by atoms with Gasteiger partial charge in [0, 0.05) is 7.05 Å². The van der Waals surface area contributed by atoms with E-state index in [9.17, 15) is 18.0 Å². The van der Waals surface area contributed by atoms with Gasteiger partial charge in [0.25, 0.3) is 5.91 Å². The summed E-state index contributed by atoms with van der Waals surface area (Å²) in [6.45, 7) is 0. The van der Waals surface area contributed by atoms with Gasteiger partial charge >= 0.3 is 5.69 Å². The second-order valence-corrected chi connectivity index (χ2v) is 5.89. The molecule has 0 saturated carbocycles. The maximum Gasteiger partial charge on any atom is 0.352 e. The molecule has 0 aliphatic heterocycles. The number of carbonyl (C=O) groups excluding carboxylic acids is 1. The first-order valence-electron chi connectivity index (χ1n) is 6.66. The molecule has 1 amide bonds. The van der Waals surface area contributed by atoms with Crippen LogP contribution in [0.3, 0.4) is 0 Å². The van der Waals surface area contributed by atoms with E-state index >= 15 is 0 Å². The molecule has 2 aromatic heterocycles. The monoisotopic (exact) mass is 383 g/mol. The van der Waals surface area contributed by atoms with Crippen LogP contribution in [-0.2, 0) is 17.9 Å². The van der Waals surface area contributed by atoms with Crippen molar-refractivity contribution in [2.45, 2.75) is 0 Å². The number of amides is 1. The van der Waals surface area contributed by atoms with Crippen molar-refractivity contribution in [1.29, 1.82) is 0 Å². The number of benzene rings is 1. The van der Waals surface area contributed by atoms with Crippen molar-refractivity contribution in [3.05, 3.63) is 45.7 Å². The lowest BCUT2D eigenvalue weighted by atomic mass is 10.2. The molecule has 0 aliphatic carbocycles. The number of fused-ring (bicyclic) bond motifs is 1. The summed E-state index contributed by atoms with van der Waals surface area (Å²) in [6.07, 6.45) is 1.16. The molecule has 0 fully saturated rings. The number of halogens is 1. The largest absolute Gasteiger partial charge is 0.352 e. The lowest BCUT2D eigenvalue weighted by molar-refractivity contribution is 0.102. The van der Waals surface area contributed by atoms with Crippen LogP contribution in [0.25, 0.3) is 5.65 Å². The van der Waals surface area contributed by atoms with Gasteiger partial charge < -0.3 is 5.32 Å². The second-order valence-electron chi connectivity index (χ2n) is 4.77. The van der Waals surface area contributed by atoms with Crippen LogP contribution >= 0.6 is 11.6 Å². The van der Waals surface area contributed by atoms with Crippen molar-refractivity contribution in [3.8, 4) is 0 Å². The zero-order valence-electron chi connectivity index (χ0n) is 12.5. The number of hydrogen-bond donors (Lipinski definition) is 3.